The Kier molecular flexibility index (Phi) is 2.76. The van der Waals surface area contributed by atoms with Gasteiger partial charge in [-0.15, -0.1) is 0 Å². The Balaban J connectivity index is 2.57. The predicted molar refractivity (Wildman–Crippen MR) is 58.1 cm³/mol. The Labute approximate surface area is 99.6 Å². The maximum absolute atomic E-state index is 13.4. The number of nitrogens with zero attached hydrogens (tertiary/aromatic N) is 1. The molecule has 96 valence electrons. The summed E-state index contributed by atoms with van der Waals surface area (Å²) in [7, 11) is 0. The first-order valence-corrected chi connectivity index (χ1v) is 4.98. The van der Waals surface area contributed by atoms with Crippen molar-refractivity contribution in [1.29, 1.82) is 0 Å². The number of H-pyrrole nitrogens is 1. The number of halogens is 4. The lowest BCUT2D eigenvalue weighted by Gasteiger charge is -2.10. The second-order valence-electron chi connectivity index (χ2n) is 3.78. The van der Waals surface area contributed by atoms with Gasteiger partial charge in [-0.25, -0.2) is 4.98 Å². The van der Waals surface area contributed by atoms with Gasteiger partial charge in [-0.2, -0.15) is 17.6 Å². The summed E-state index contributed by atoms with van der Waals surface area (Å²) in [5.74, 6) is -0.488. The highest BCUT2D eigenvalue weighted by molar-refractivity contribution is 5.65. The standard InChI is InChI=1S/C11H9F4N3/c1-5-17-9(10(12)18-5)6-2-3-8(16)7(4-6)11(13,14)15/h2-4H,16H2,1H3,(H,17,18). The van der Waals surface area contributed by atoms with E-state index in [2.05, 4.69) is 9.97 Å². The monoisotopic (exact) mass is 259 g/mol. The molecule has 0 saturated carbocycles. The largest absolute Gasteiger partial charge is 0.418 e. The molecule has 0 radical (unpaired) electrons. The van der Waals surface area contributed by atoms with E-state index in [4.69, 9.17) is 5.73 Å². The molecule has 0 aliphatic rings. The van der Waals surface area contributed by atoms with Crippen molar-refractivity contribution in [1.82, 2.24) is 9.97 Å². The van der Waals surface area contributed by atoms with Crippen molar-refractivity contribution in [3.05, 3.63) is 35.5 Å². The van der Waals surface area contributed by atoms with Crippen LogP contribution >= 0.6 is 0 Å². The molecule has 18 heavy (non-hydrogen) atoms. The molecule has 1 heterocycles. The van der Waals surface area contributed by atoms with Crippen molar-refractivity contribution in [2.24, 2.45) is 0 Å². The molecule has 1 aromatic heterocycles. The van der Waals surface area contributed by atoms with Gasteiger partial charge < -0.3 is 10.7 Å². The quantitative estimate of drug-likeness (QED) is 0.610. The van der Waals surface area contributed by atoms with E-state index in [1.54, 1.807) is 0 Å². The lowest BCUT2D eigenvalue weighted by Crippen LogP contribution is -2.09. The van der Waals surface area contributed by atoms with Crippen molar-refractivity contribution < 1.29 is 17.6 Å². The molecular formula is C11H9F4N3. The van der Waals surface area contributed by atoms with Gasteiger partial charge >= 0.3 is 6.18 Å². The Morgan fingerprint density at radius 1 is 1.28 bits per heavy atom. The number of nitrogen functional groups attached to an aromatic ring is 1. The minimum atomic E-state index is -4.58. The van der Waals surface area contributed by atoms with Crippen molar-refractivity contribution in [2.75, 3.05) is 5.73 Å². The van der Waals surface area contributed by atoms with Gasteiger partial charge in [0, 0.05) is 11.3 Å². The Morgan fingerprint density at radius 3 is 2.44 bits per heavy atom. The summed E-state index contributed by atoms with van der Waals surface area (Å²) in [6.07, 6.45) is -4.58. The number of hydrogen-bond acceptors (Lipinski definition) is 2. The van der Waals surface area contributed by atoms with Crippen LogP contribution in [0.4, 0.5) is 23.2 Å². The van der Waals surface area contributed by atoms with Gasteiger partial charge in [-0.3, -0.25) is 0 Å². The van der Waals surface area contributed by atoms with Crippen LogP contribution in [0.15, 0.2) is 18.2 Å². The molecule has 2 rings (SSSR count). The average Bonchev–Trinajstić information content (AvgIpc) is 2.57. The molecule has 0 unspecified atom stereocenters. The Morgan fingerprint density at radius 2 is 1.94 bits per heavy atom. The molecule has 0 aliphatic carbocycles. The zero-order chi connectivity index (χ0) is 13.5. The van der Waals surface area contributed by atoms with Crippen LogP contribution < -0.4 is 5.73 Å². The highest BCUT2D eigenvalue weighted by atomic mass is 19.4. The lowest BCUT2D eigenvalue weighted by atomic mass is 10.1. The zero-order valence-corrected chi connectivity index (χ0v) is 9.27. The smallest absolute Gasteiger partial charge is 0.398 e. The summed E-state index contributed by atoms with van der Waals surface area (Å²) in [4.78, 5) is 6.08. The number of nitrogens with two attached hydrogens (primary N) is 1. The minimum absolute atomic E-state index is 0.0263. The van der Waals surface area contributed by atoms with Crippen LogP contribution in [0.3, 0.4) is 0 Å². The number of aromatic amines is 1. The molecule has 7 heteroatoms. The first kappa shape index (κ1) is 12.4. The molecule has 2 aromatic rings. The lowest BCUT2D eigenvalue weighted by molar-refractivity contribution is -0.136. The van der Waals surface area contributed by atoms with Crippen molar-refractivity contribution >= 4 is 5.69 Å². The summed E-state index contributed by atoms with van der Waals surface area (Å²) >= 11 is 0. The molecule has 1 aromatic carbocycles. The van der Waals surface area contributed by atoms with Crippen LogP contribution in [0.5, 0.6) is 0 Å². The number of aryl methyl sites for hydroxylation is 1. The Hall–Kier alpha value is -2.05. The fraction of sp³-hybridized carbons (Fsp3) is 0.182. The van der Waals surface area contributed by atoms with Crippen molar-refractivity contribution in [2.45, 2.75) is 13.1 Å². The summed E-state index contributed by atoms with van der Waals surface area (Å²) in [5, 5.41) is 0. The van der Waals surface area contributed by atoms with Crippen molar-refractivity contribution in [3.63, 3.8) is 0 Å². The van der Waals surface area contributed by atoms with E-state index in [-0.39, 0.29) is 17.1 Å². The van der Waals surface area contributed by atoms with Crippen LogP contribution in [0, 0.1) is 12.9 Å². The normalized spacial score (nSPS) is 11.8. The minimum Gasteiger partial charge on any atom is -0.398 e. The molecule has 0 amide bonds. The highest BCUT2D eigenvalue weighted by Crippen LogP contribution is 2.36. The SMILES string of the molecule is Cc1nc(-c2ccc(N)c(C(F)(F)F)c2)c(F)[nH]1. The van der Waals surface area contributed by atoms with Crippen molar-refractivity contribution in [3.8, 4) is 11.3 Å². The van der Waals surface area contributed by atoms with Gasteiger partial charge in [-0.05, 0) is 19.1 Å². The topological polar surface area (TPSA) is 54.7 Å². The molecule has 0 spiro atoms. The molecule has 0 bridgehead atoms. The maximum atomic E-state index is 13.4. The van der Waals surface area contributed by atoms with E-state index >= 15 is 0 Å². The number of alkyl halides is 3. The highest BCUT2D eigenvalue weighted by Gasteiger charge is 2.33. The number of rotatable bonds is 1. The summed E-state index contributed by atoms with van der Waals surface area (Å²) in [5.41, 5.74) is 3.72. The van der Waals surface area contributed by atoms with Crippen LogP contribution in [0.2, 0.25) is 0 Å². The van der Waals surface area contributed by atoms with Crippen LogP contribution in [0.1, 0.15) is 11.4 Å². The van der Waals surface area contributed by atoms with E-state index in [0.29, 0.717) is 0 Å². The van der Waals surface area contributed by atoms with Crippen LogP contribution in [0.25, 0.3) is 11.3 Å². The number of nitrogens with one attached hydrogen (secondary N) is 1. The fourth-order valence-electron chi connectivity index (χ4n) is 1.60. The van der Waals surface area contributed by atoms with Gasteiger partial charge in [0.05, 0.1) is 5.56 Å². The third-order valence-corrected chi connectivity index (χ3v) is 2.41. The van der Waals surface area contributed by atoms with E-state index < -0.39 is 23.4 Å². The first-order valence-electron chi connectivity index (χ1n) is 4.98. The molecule has 0 aliphatic heterocycles. The molecule has 3 nitrogen and oxygen atoms in total. The second-order valence-corrected chi connectivity index (χ2v) is 3.78. The molecule has 0 saturated heterocycles. The molecular weight excluding hydrogens is 250 g/mol. The van der Waals surface area contributed by atoms with E-state index in [0.717, 1.165) is 12.1 Å². The average molecular weight is 259 g/mol. The van der Waals surface area contributed by atoms with Gasteiger partial charge in [0.25, 0.3) is 0 Å². The molecule has 0 fully saturated rings. The number of aromatic nitrogens is 2. The number of imidazole rings is 1. The maximum Gasteiger partial charge on any atom is 0.418 e. The first-order chi connectivity index (χ1) is 8.29. The van der Waals surface area contributed by atoms with Crippen LogP contribution in [-0.2, 0) is 6.18 Å². The number of anilines is 1. The van der Waals surface area contributed by atoms with Gasteiger partial charge in [0.2, 0.25) is 5.95 Å². The Bertz CT molecular complexity index is 586. The third-order valence-electron chi connectivity index (χ3n) is 2.41. The van der Waals surface area contributed by atoms with Gasteiger partial charge in [-0.1, -0.05) is 6.07 Å². The van der Waals surface area contributed by atoms with Gasteiger partial charge in [0.1, 0.15) is 11.5 Å². The van der Waals surface area contributed by atoms with E-state index in [9.17, 15) is 17.6 Å². The van der Waals surface area contributed by atoms with Gasteiger partial charge in [0.15, 0.2) is 0 Å². The number of hydrogen-bond donors (Lipinski definition) is 2. The summed E-state index contributed by atoms with van der Waals surface area (Å²) in [6.45, 7) is 1.51. The summed E-state index contributed by atoms with van der Waals surface area (Å²) < 4.78 is 51.3. The van der Waals surface area contributed by atoms with E-state index in [1.807, 2.05) is 0 Å². The van der Waals surface area contributed by atoms with E-state index in [1.165, 1.54) is 13.0 Å². The number of benzene rings is 1. The molecule has 3 N–H and O–H groups in total. The summed E-state index contributed by atoms with van der Waals surface area (Å²) in [6, 6.07) is 3.17. The zero-order valence-electron chi connectivity index (χ0n) is 9.27. The predicted octanol–water partition coefficient (Wildman–Crippen LogP) is 3.13. The second kappa shape index (κ2) is 4.01. The molecule has 0 atom stereocenters. The third kappa shape index (κ3) is 2.15. The van der Waals surface area contributed by atoms with Crippen LogP contribution in [-0.4, -0.2) is 9.97 Å². The fourth-order valence-corrected chi connectivity index (χ4v) is 1.60.